The topological polar surface area (TPSA) is 35.5 Å². The van der Waals surface area contributed by atoms with Crippen molar-refractivity contribution in [2.75, 3.05) is 6.79 Å². The second-order valence-corrected chi connectivity index (χ2v) is 4.94. The number of ether oxygens (including phenoxy) is 2. The minimum absolute atomic E-state index is 0.113. The Kier molecular flexibility index (Phi) is 3.29. The summed E-state index contributed by atoms with van der Waals surface area (Å²) >= 11 is 6.12. The molecule has 0 saturated carbocycles. The van der Waals surface area contributed by atoms with Gasteiger partial charge in [-0.2, -0.15) is 0 Å². The summed E-state index contributed by atoms with van der Waals surface area (Å²) in [5.74, 6) is 1.67. The van der Waals surface area contributed by atoms with Gasteiger partial charge in [0.2, 0.25) is 6.79 Å². The van der Waals surface area contributed by atoms with Gasteiger partial charge in [0.1, 0.15) is 5.78 Å². The van der Waals surface area contributed by atoms with E-state index >= 15 is 0 Å². The molecular weight excluding hydrogens is 240 g/mol. The largest absolute Gasteiger partial charge is 0.453 e. The van der Waals surface area contributed by atoms with Gasteiger partial charge in [0.25, 0.3) is 0 Å². The Morgan fingerprint density at radius 3 is 2.65 bits per heavy atom. The lowest BCUT2D eigenvalue weighted by Gasteiger charge is -2.15. The first-order chi connectivity index (χ1) is 8.00. The number of benzene rings is 1. The summed E-state index contributed by atoms with van der Waals surface area (Å²) in [5, 5.41) is 0.512. The summed E-state index contributed by atoms with van der Waals surface area (Å²) in [6.07, 6.45) is 0.379. The Morgan fingerprint density at radius 1 is 1.41 bits per heavy atom. The molecule has 0 aliphatic carbocycles. The van der Waals surface area contributed by atoms with Crippen LogP contribution in [0.15, 0.2) is 6.07 Å². The van der Waals surface area contributed by atoms with Crippen molar-refractivity contribution < 1.29 is 14.3 Å². The van der Waals surface area contributed by atoms with E-state index in [1.807, 2.05) is 6.07 Å². The van der Waals surface area contributed by atoms with Crippen molar-refractivity contribution in [1.29, 1.82) is 0 Å². The van der Waals surface area contributed by atoms with E-state index < -0.39 is 0 Å². The van der Waals surface area contributed by atoms with Gasteiger partial charge in [-0.15, -0.1) is 0 Å². The van der Waals surface area contributed by atoms with Crippen molar-refractivity contribution in [1.82, 2.24) is 0 Å². The van der Waals surface area contributed by atoms with Gasteiger partial charge < -0.3 is 9.47 Å². The lowest BCUT2D eigenvalue weighted by molar-refractivity contribution is -0.116. The summed E-state index contributed by atoms with van der Waals surface area (Å²) in [6.45, 7) is 5.89. The average molecular weight is 255 g/mol. The average Bonchev–Trinajstić information content (AvgIpc) is 2.64. The van der Waals surface area contributed by atoms with Gasteiger partial charge in [0, 0.05) is 12.0 Å². The predicted molar refractivity (Wildman–Crippen MR) is 66.0 cm³/mol. The van der Waals surface area contributed by atoms with Crippen molar-refractivity contribution in [3.63, 3.8) is 0 Å². The number of rotatable bonds is 3. The molecule has 1 aromatic carbocycles. The normalized spacial score (nSPS) is 13.2. The molecule has 4 heteroatoms. The van der Waals surface area contributed by atoms with E-state index in [1.165, 1.54) is 0 Å². The summed E-state index contributed by atoms with van der Waals surface area (Å²) in [5.41, 5.74) is 1.96. The maximum absolute atomic E-state index is 11.3. The highest BCUT2D eigenvalue weighted by Crippen LogP contribution is 2.46. The van der Waals surface area contributed by atoms with Crippen LogP contribution in [0.25, 0.3) is 0 Å². The highest BCUT2D eigenvalue weighted by atomic mass is 35.5. The van der Waals surface area contributed by atoms with Crippen molar-refractivity contribution in [2.24, 2.45) is 0 Å². The molecule has 0 radical (unpaired) electrons. The summed E-state index contributed by atoms with van der Waals surface area (Å²) in [4.78, 5) is 11.3. The van der Waals surface area contributed by atoms with E-state index in [1.54, 1.807) is 6.92 Å². The smallest absolute Gasteiger partial charge is 0.231 e. The van der Waals surface area contributed by atoms with Gasteiger partial charge in [-0.05, 0) is 24.5 Å². The maximum Gasteiger partial charge on any atom is 0.231 e. The van der Waals surface area contributed by atoms with E-state index in [0.717, 1.165) is 11.1 Å². The maximum atomic E-state index is 11.3. The SMILES string of the molecule is CC(=O)Cc1cc(Cl)c2c(c1C(C)C)OCO2. The first kappa shape index (κ1) is 12.2. The van der Waals surface area contributed by atoms with Gasteiger partial charge in [0.15, 0.2) is 11.5 Å². The summed E-state index contributed by atoms with van der Waals surface area (Å²) < 4.78 is 10.8. The fourth-order valence-electron chi connectivity index (χ4n) is 2.15. The molecule has 2 rings (SSSR count). The third kappa shape index (κ3) is 2.25. The molecular formula is C13H15ClO3. The number of halogens is 1. The quantitative estimate of drug-likeness (QED) is 0.830. The molecule has 1 aromatic rings. The van der Waals surface area contributed by atoms with E-state index in [4.69, 9.17) is 21.1 Å². The Morgan fingerprint density at radius 2 is 2.06 bits per heavy atom. The van der Waals surface area contributed by atoms with Crippen LogP contribution in [0.2, 0.25) is 5.02 Å². The molecule has 0 bridgehead atoms. The van der Waals surface area contributed by atoms with Crippen LogP contribution in [0, 0.1) is 0 Å². The van der Waals surface area contributed by atoms with Crippen molar-refractivity contribution >= 4 is 17.4 Å². The molecule has 92 valence electrons. The van der Waals surface area contributed by atoms with Crippen LogP contribution >= 0.6 is 11.6 Å². The molecule has 0 unspecified atom stereocenters. The first-order valence-electron chi connectivity index (χ1n) is 5.61. The monoisotopic (exact) mass is 254 g/mol. The molecule has 0 atom stereocenters. The highest BCUT2D eigenvalue weighted by Gasteiger charge is 2.26. The molecule has 0 amide bonds. The van der Waals surface area contributed by atoms with Crippen LogP contribution in [0.4, 0.5) is 0 Å². The minimum Gasteiger partial charge on any atom is -0.453 e. The third-order valence-electron chi connectivity index (χ3n) is 2.74. The van der Waals surface area contributed by atoms with Gasteiger partial charge in [-0.1, -0.05) is 25.4 Å². The number of Topliss-reactive ketones (excluding diaryl/α,β-unsaturated/α-hetero) is 1. The molecule has 1 aliphatic rings. The zero-order valence-corrected chi connectivity index (χ0v) is 10.9. The van der Waals surface area contributed by atoms with Gasteiger partial charge in [-0.3, -0.25) is 4.79 Å². The number of hydrogen-bond acceptors (Lipinski definition) is 3. The number of fused-ring (bicyclic) bond motifs is 1. The van der Waals surface area contributed by atoms with E-state index in [2.05, 4.69) is 13.8 Å². The van der Waals surface area contributed by atoms with Crippen LogP contribution in [0.1, 0.15) is 37.8 Å². The summed E-state index contributed by atoms with van der Waals surface area (Å²) in [6, 6.07) is 1.81. The minimum atomic E-state index is 0.113. The Hall–Kier alpha value is -1.22. The Bertz CT molecular complexity index is 466. The molecule has 0 saturated heterocycles. The van der Waals surface area contributed by atoms with Crippen LogP contribution in [-0.2, 0) is 11.2 Å². The van der Waals surface area contributed by atoms with Crippen LogP contribution in [0.3, 0.4) is 0 Å². The van der Waals surface area contributed by atoms with E-state index in [9.17, 15) is 4.79 Å². The van der Waals surface area contributed by atoms with Crippen molar-refractivity contribution in [3.8, 4) is 11.5 Å². The molecule has 0 spiro atoms. The Balaban J connectivity index is 2.58. The lowest BCUT2D eigenvalue weighted by Crippen LogP contribution is -2.04. The van der Waals surface area contributed by atoms with Gasteiger partial charge in [-0.25, -0.2) is 0 Å². The second-order valence-electron chi connectivity index (χ2n) is 4.53. The first-order valence-corrected chi connectivity index (χ1v) is 5.98. The van der Waals surface area contributed by atoms with Crippen LogP contribution in [0.5, 0.6) is 11.5 Å². The molecule has 0 N–H and O–H groups in total. The van der Waals surface area contributed by atoms with Crippen molar-refractivity contribution in [3.05, 3.63) is 22.2 Å². The molecule has 17 heavy (non-hydrogen) atoms. The van der Waals surface area contributed by atoms with Crippen LogP contribution in [-0.4, -0.2) is 12.6 Å². The van der Waals surface area contributed by atoms with Crippen LogP contribution < -0.4 is 9.47 Å². The second kappa shape index (κ2) is 4.57. The fourth-order valence-corrected chi connectivity index (χ4v) is 2.42. The van der Waals surface area contributed by atoms with E-state index in [0.29, 0.717) is 22.9 Å². The third-order valence-corrected chi connectivity index (χ3v) is 3.02. The predicted octanol–water partition coefficient (Wildman–Crippen LogP) is 3.32. The number of carbonyl (C=O) groups is 1. The lowest BCUT2D eigenvalue weighted by atomic mass is 9.93. The highest BCUT2D eigenvalue weighted by molar-refractivity contribution is 6.32. The molecule has 1 heterocycles. The van der Waals surface area contributed by atoms with Gasteiger partial charge in [0.05, 0.1) is 5.02 Å². The summed E-state index contributed by atoms with van der Waals surface area (Å²) in [7, 11) is 0. The Labute approximate surface area is 106 Å². The van der Waals surface area contributed by atoms with Gasteiger partial charge >= 0.3 is 0 Å². The zero-order valence-electron chi connectivity index (χ0n) is 10.2. The number of carbonyl (C=O) groups excluding carboxylic acids is 1. The molecule has 0 fully saturated rings. The van der Waals surface area contributed by atoms with E-state index in [-0.39, 0.29) is 18.5 Å². The zero-order chi connectivity index (χ0) is 12.6. The fraction of sp³-hybridized carbons (Fsp3) is 0.462. The molecule has 1 aliphatic heterocycles. The molecule has 0 aromatic heterocycles. The number of hydrogen-bond donors (Lipinski definition) is 0. The standard InChI is InChI=1S/C13H15ClO3/c1-7(2)11-9(4-8(3)15)5-10(14)12-13(11)17-6-16-12/h5,7H,4,6H2,1-3H3. The number of ketones is 1. The molecule has 3 nitrogen and oxygen atoms in total. The van der Waals surface area contributed by atoms with Crippen molar-refractivity contribution in [2.45, 2.75) is 33.1 Å².